The van der Waals surface area contributed by atoms with E-state index >= 15 is 0 Å². The van der Waals surface area contributed by atoms with Gasteiger partial charge in [-0.15, -0.1) is 0 Å². The first-order chi connectivity index (χ1) is 1.91. The van der Waals surface area contributed by atoms with Gasteiger partial charge in [-0.25, -0.2) is 0 Å². The van der Waals surface area contributed by atoms with E-state index in [1.807, 2.05) is 0 Å². The predicted molar refractivity (Wildman–Crippen MR) is 19.3 cm³/mol. The summed E-state index contributed by atoms with van der Waals surface area (Å²) in [6.07, 6.45) is 0. The first-order valence-corrected chi connectivity index (χ1v) is 9.98. The molecule has 0 fully saturated rings. The SMILES string of the molecule is F[SiH2][GeH2][F]. The maximum absolute atomic E-state index is 10.6. The second-order valence-electron chi connectivity index (χ2n) is 0.378. The minimum absolute atomic E-state index is 1.55. The molecule has 26 valence electrons. The normalized spacial score (nSPS) is 13.5. The third-order valence-electron chi connectivity index (χ3n) is 0.0714. The van der Waals surface area contributed by atoms with Crippen molar-refractivity contribution in [1.29, 1.82) is 0 Å². The van der Waals surface area contributed by atoms with Crippen molar-refractivity contribution in [2.24, 2.45) is 0 Å². The predicted octanol–water partition coefficient (Wildman–Crippen LogP) is -0.992. The molecule has 0 atom stereocenters. The van der Waals surface area contributed by atoms with Gasteiger partial charge >= 0.3 is 31.2 Å². The van der Waals surface area contributed by atoms with E-state index in [0.717, 1.165) is 0 Å². The molecule has 0 aromatic rings. The van der Waals surface area contributed by atoms with Crippen LogP contribution in [0, 0.1) is 0 Å². The van der Waals surface area contributed by atoms with E-state index in [0.29, 0.717) is 0 Å². The van der Waals surface area contributed by atoms with Crippen LogP contribution in [0.5, 0.6) is 0 Å². The van der Waals surface area contributed by atoms with Gasteiger partial charge in [0.25, 0.3) is 0 Å². The van der Waals surface area contributed by atoms with Crippen molar-refractivity contribution in [3.63, 3.8) is 0 Å². The Morgan fingerprint density at radius 2 is 2.00 bits per heavy atom. The van der Waals surface area contributed by atoms with Gasteiger partial charge in [-0.1, -0.05) is 0 Å². The molecule has 0 radical (unpaired) electrons. The number of hydrogen-bond donors (Lipinski definition) is 0. The van der Waals surface area contributed by atoms with E-state index in [9.17, 15) is 7.61 Å². The van der Waals surface area contributed by atoms with Gasteiger partial charge in [0.2, 0.25) is 0 Å². The van der Waals surface area contributed by atoms with Gasteiger partial charge in [0.1, 0.15) is 0 Å². The summed E-state index contributed by atoms with van der Waals surface area (Å²) in [5.74, 6) is 0. The number of rotatable bonds is 1. The standard InChI is InChI=1S/F2GeH4Si/c1-3-4-2/h3-4H2. The van der Waals surface area contributed by atoms with Gasteiger partial charge in [-0.2, -0.15) is 0 Å². The number of hydrogen-bond acceptors (Lipinski definition) is 0. The molecule has 0 saturated carbocycles. The summed E-state index contributed by atoms with van der Waals surface area (Å²) in [5, 5.41) is 0. The quantitative estimate of drug-likeness (QED) is 0.326. The van der Waals surface area contributed by atoms with Gasteiger partial charge in [0.15, 0.2) is 0 Å². The fourth-order valence-electron chi connectivity index (χ4n) is 0. The number of halogens is 2. The van der Waals surface area contributed by atoms with Crippen LogP contribution in [0.4, 0.5) is 7.61 Å². The van der Waals surface area contributed by atoms with Crippen molar-refractivity contribution >= 4 is 23.6 Å². The summed E-state index contributed by atoms with van der Waals surface area (Å²) in [6.45, 7) is 0. The maximum atomic E-state index is 10.6. The molecule has 0 rings (SSSR count). The second-order valence-corrected chi connectivity index (χ2v) is 5.89. The van der Waals surface area contributed by atoms with E-state index in [1.165, 1.54) is 0 Å². The molecule has 0 N–H and O–H groups in total. The third-order valence-corrected chi connectivity index (χ3v) is 1.11. The topological polar surface area (TPSA) is 0 Å². The molecule has 0 aliphatic heterocycles. The Morgan fingerprint density at radius 3 is 2.00 bits per heavy atom. The Balaban J connectivity index is 1.97. The van der Waals surface area contributed by atoms with Gasteiger partial charge in [-0.3, -0.25) is 0 Å². The van der Waals surface area contributed by atoms with Crippen molar-refractivity contribution in [2.75, 3.05) is 0 Å². The first-order valence-electron chi connectivity index (χ1n) is 1.03. The fraction of sp³-hybridized carbons (Fsp3) is 0. The minimum atomic E-state index is -1.92. The zero-order chi connectivity index (χ0) is 3.41. The van der Waals surface area contributed by atoms with Crippen molar-refractivity contribution in [1.82, 2.24) is 0 Å². The van der Waals surface area contributed by atoms with E-state index in [-0.39, 0.29) is 0 Å². The van der Waals surface area contributed by atoms with E-state index in [1.54, 1.807) is 0 Å². The molecule has 0 aromatic heterocycles. The Kier molecular flexibility index (Phi) is 4.18. The van der Waals surface area contributed by atoms with Crippen LogP contribution in [-0.4, -0.2) is 23.6 Å². The monoisotopic (exact) mass is 144 g/mol. The molecular weight excluding hydrogens is 139 g/mol. The Morgan fingerprint density at radius 1 is 1.75 bits per heavy atom. The summed E-state index contributed by atoms with van der Waals surface area (Å²) in [4.78, 5) is 0. The van der Waals surface area contributed by atoms with Gasteiger partial charge in [-0.05, 0) is 0 Å². The molecule has 0 amide bonds. The van der Waals surface area contributed by atoms with Crippen LogP contribution in [0.1, 0.15) is 0 Å². The van der Waals surface area contributed by atoms with Crippen molar-refractivity contribution < 1.29 is 7.61 Å². The molecule has 0 nitrogen and oxygen atoms in total. The molecule has 0 spiro atoms. The zero-order valence-electron chi connectivity index (χ0n) is 2.17. The Bertz CT molecular complexity index is 8.00. The van der Waals surface area contributed by atoms with Crippen LogP contribution in [0.2, 0.25) is 0 Å². The Hall–Kier alpha value is 0.620. The molecule has 4 heavy (non-hydrogen) atoms. The van der Waals surface area contributed by atoms with Crippen molar-refractivity contribution in [2.45, 2.75) is 0 Å². The van der Waals surface area contributed by atoms with Crippen LogP contribution >= 0.6 is 0 Å². The summed E-state index contributed by atoms with van der Waals surface area (Å²) in [7, 11) is -1.55. The average molecular weight is 143 g/mol. The second kappa shape index (κ2) is 3.62. The summed E-state index contributed by atoms with van der Waals surface area (Å²) in [5.41, 5.74) is 0. The summed E-state index contributed by atoms with van der Waals surface area (Å²) in [6, 6.07) is 0. The van der Waals surface area contributed by atoms with E-state index < -0.39 is 23.6 Å². The molecule has 0 aliphatic rings. The van der Waals surface area contributed by atoms with Crippen LogP contribution in [0.3, 0.4) is 0 Å². The molecule has 0 unspecified atom stereocenters. The van der Waals surface area contributed by atoms with Crippen LogP contribution in [-0.2, 0) is 0 Å². The van der Waals surface area contributed by atoms with E-state index in [2.05, 4.69) is 0 Å². The molecule has 4 heteroatoms. The zero-order valence-corrected chi connectivity index (χ0v) is 6.55. The molecule has 0 heterocycles. The Labute approximate surface area is 32.0 Å². The van der Waals surface area contributed by atoms with Crippen LogP contribution < -0.4 is 0 Å². The van der Waals surface area contributed by atoms with E-state index in [4.69, 9.17) is 0 Å². The van der Waals surface area contributed by atoms with Gasteiger partial charge in [0, 0.05) is 0 Å². The summed E-state index contributed by atoms with van der Waals surface area (Å²) >= 11 is -1.92. The molecular formula is H4F2GeSi. The third kappa shape index (κ3) is 2.62. The molecule has 0 aliphatic carbocycles. The van der Waals surface area contributed by atoms with Gasteiger partial charge < -0.3 is 0 Å². The van der Waals surface area contributed by atoms with Crippen LogP contribution in [0.25, 0.3) is 0 Å². The van der Waals surface area contributed by atoms with Crippen molar-refractivity contribution in [3.05, 3.63) is 0 Å². The molecule has 0 saturated heterocycles. The first kappa shape index (κ1) is 4.62. The summed E-state index contributed by atoms with van der Waals surface area (Å²) < 4.78 is 21.2. The molecule has 0 bridgehead atoms. The van der Waals surface area contributed by atoms with Crippen LogP contribution in [0.15, 0.2) is 0 Å². The van der Waals surface area contributed by atoms with Crippen molar-refractivity contribution in [3.8, 4) is 0 Å². The average Bonchev–Trinajstić information content (AvgIpc) is 1.37. The fourth-order valence-corrected chi connectivity index (χ4v) is 0. The molecule has 0 aromatic carbocycles. The van der Waals surface area contributed by atoms with Gasteiger partial charge in [0.05, 0.1) is 0 Å².